The highest BCUT2D eigenvalue weighted by Gasteiger charge is 2.42. The molecule has 1 N–H and O–H groups in total. The number of rotatable bonds is 5. The predicted molar refractivity (Wildman–Crippen MR) is 106 cm³/mol. The number of ketones is 1. The molecule has 1 aliphatic heterocycles. The van der Waals surface area contributed by atoms with E-state index in [0.717, 1.165) is 41.8 Å². The average molecular weight is 367 g/mol. The van der Waals surface area contributed by atoms with Gasteiger partial charge in [-0.15, -0.1) is 0 Å². The lowest BCUT2D eigenvalue weighted by Crippen LogP contribution is -2.38. The standard InChI is InChI=1S/C23H29NO3/c1-5-6-12-27-22(26)19-15(2)24-17-13-23(3,4)14-18(25)21(17)20(19)16-10-8-7-9-11-16/h7-11,20,24H,5-6,12-14H2,1-4H3/t20-/m0/s1. The molecule has 0 amide bonds. The molecular weight excluding hydrogens is 338 g/mol. The first-order valence-electron chi connectivity index (χ1n) is 9.80. The Morgan fingerprint density at radius 3 is 2.59 bits per heavy atom. The SMILES string of the molecule is CCCCOC(=O)C1=C(C)NC2=C(C(=O)CC(C)(C)C2)[C@H]1c1ccccc1. The minimum atomic E-state index is -0.361. The van der Waals surface area contributed by atoms with E-state index in [2.05, 4.69) is 26.1 Å². The number of Topliss-reactive ketones (excluding diaryl/α,β-unsaturated/α-hetero) is 1. The summed E-state index contributed by atoms with van der Waals surface area (Å²) in [4.78, 5) is 26.0. The summed E-state index contributed by atoms with van der Waals surface area (Å²) in [6.07, 6.45) is 3.10. The van der Waals surface area contributed by atoms with Gasteiger partial charge >= 0.3 is 5.97 Å². The van der Waals surface area contributed by atoms with E-state index in [1.807, 2.05) is 37.3 Å². The molecular formula is C23H29NO3. The van der Waals surface area contributed by atoms with Crippen molar-refractivity contribution in [2.75, 3.05) is 6.61 Å². The molecule has 1 atom stereocenters. The second-order valence-corrected chi connectivity index (χ2v) is 8.33. The number of ether oxygens (including phenoxy) is 1. The van der Waals surface area contributed by atoms with Crippen LogP contribution in [0.3, 0.4) is 0 Å². The van der Waals surface area contributed by atoms with Crippen molar-refractivity contribution in [3.05, 3.63) is 58.4 Å². The lowest BCUT2D eigenvalue weighted by molar-refractivity contribution is -0.139. The molecule has 3 rings (SSSR count). The van der Waals surface area contributed by atoms with E-state index < -0.39 is 0 Å². The third-order valence-corrected chi connectivity index (χ3v) is 5.32. The molecule has 0 bridgehead atoms. The Labute approximate surface area is 161 Å². The summed E-state index contributed by atoms with van der Waals surface area (Å²) < 4.78 is 5.53. The molecule has 0 radical (unpaired) electrons. The first-order valence-corrected chi connectivity index (χ1v) is 9.80. The van der Waals surface area contributed by atoms with Gasteiger partial charge in [-0.25, -0.2) is 4.79 Å². The van der Waals surface area contributed by atoms with Crippen molar-refractivity contribution in [1.82, 2.24) is 5.32 Å². The van der Waals surface area contributed by atoms with Crippen LogP contribution >= 0.6 is 0 Å². The van der Waals surface area contributed by atoms with Crippen molar-refractivity contribution in [2.24, 2.45) is 5.41 Å². The maximum atomic E-state index is 13.1. The van der Waals surface area contributed by atoms with Gasteiger partial charge in [0, 0.05) is 29.3 Å². The van der Waals surface area contributed by atoms with Crippen LogP contribution < -0.4 is 5.32 Å². The number of dihydropyridines is 1. The van der Waals surface area contributed by atoms with E-state index in [0.29, 0.717) is 18.6 Å². The number of benzene rings is 1. The Kier molecular flexibility index (Phi) is 5.54. The summed E-state index contributed by atoms with van der Waals surface area (Å²) in [6, 6.07) is 9.82. The predicted octanol–water partition coefficient (Wildman–Crippen LogP) is 4.63. The van der Waals surface area contributed by atoms with Gasteiger partial charge in [0.25, 0.3) is 0 Å². The van der Waals surface area contributed by atoms with Gasteiger partial charge in [0.2, 0.25) is 0 Å². The molecule has 0 unspecified atom stereocenters. The molecule has 1 heterocycles. The smallest absolute Gasteiger partial charge is 0.336 e. The lowest BCUT2D eigenvalue weighted by atomic mass is 9.68. The van der Waals surface area contributed by atoms with E-state index in [1.54, 1.807) is 0 Å². The Morgan fingerprint density at radius 2 is 1.93 bits per heavy atom. The monoisotopic (exact) mass is 367 g/mol. The molecule has 1 aromatic carbocycles. The highest BCUT2D eigenvalue weighted by Crippen LogP contribution is 2.46. The van der Waals surface area contributed by atoms with Gasteiger partial charge in [-0.05, 0) is 30.7 Å². The van der Waals surface area contributed by atoms with Gasteiger partial charge in [0.1, 0.15) is 0 Å². The van der Waals surface area contributed by atoms with Crippen molar-refractivity contribution in [2.45, 2.75) is 59.3 Å². The van der Waals surface area contributed by atoms with E-state index in [-0.39, 0.29) is 23.1 Å². The van der Waals surface area contributed by atoms with E-state index in [1.165, 1.54) is 0 Å². The van der Waals surface area contributed by atoms with Crippen molar-refractivity contribution < 1.29 is 14.3 Å². The average Bonchev–Trinajstić information content (AvgIpc) is 2.60. The van der Waals surface area contributed by atoms with Gasteiger partial charge in [-0.3, -0.25) is 4.79 Å². The maximum Gasteiger partial charge on any atom is 0.336 e. The number of hydrogen-bond acceptors (Lipinski definition) is 4. The van der Waals surface area contributed by atoms with Crippen LogP contribution in [0, 0.1) is 5.41 Å². The minimum Gasteiger partial charge on any atom is -0.462 e. The zero-order chi connectivity index (χ0) is 19.6. The number of carbonyl (C=O) groups excluding carboxylic acids is 2. The number of esters is 1. The van der Waals surface area contributed by atoms with E-state index in [9.17, 15) is 9.59 Å². The Bertz CT molecular complexity index is 802. The topological polar surface area (TPSA) is 55.4 Å². The first kappa shape index (κ1) is 19.4. The fourth-order valence-electron chi connectivity index (χ4n) is 4.07. The molecule has 27 heavy (non-hydrogen) atoms. The minimum absolute atomic E-state index is 0.0798. The first-order chi connectivity index (χ1) is 12.8. The summed E-state index contributed by atoms with van der Waals surface area (Å²) in [7, 11) is 0. The number of nitrogens with one attached hydrogen (secondary N) is 1. The van der Waals surface area contributed by atoms with Gasteiger partial charge in [0.05, 0.1) is 12.2 Å². The van der Waals surface area contributed by atoms with Crippen LogP contribution in [0.5, 0.6) is 0 Å². The summed E-state index contributed by atoms with van der Waals surface area (Å²) in [5, 5.41) is 3.36. The quantitative estimate of drug-likeness (QED) is 0.609. The second-order valence-electron chi connectivity index (χ2n) is 8.33. The maximum absolute atomic E-state index is 13.1. The normalized spacial score (nSPS) is 21.6. The number of allylic oxidation sites excluding steroid dienone is 3. The van der Waals surface area contributed by atoms with Crippen LogP contribution in [-0.4, -0.2) is 18.4 Å². The highest BCUT2D eigenvalue weighted by molar-refractivity contribution is 6.04. The molecule has 0 saturated heterocycles. The molecule has 2 aliphatic rings. The summed E-state index contributed by atoms with van der Waals surface area (Å²) in [5.41, 5.74) is 3.91. The van der Waals surface area contributed by atoms with Crippen molar-refractivity contribution >= 4 is 11.8 Å². The van der Waals surface area contributed by atoms with Crippen molar-refractivity contribution in [1.29, 1.82) is 0 Å². The van der Waals surface area contributed by atoms with E-state index >= 15 is 0 Å². The van der Waals surface area contributed by atoms with Crippen molar-refractivity contribution in [3.63, 3.8) is 0 Å². The Hall–Kier alpha value is -2.36. The number of unbranched alkanes of at least 4 members (excludes halogenated alkanes) is 1. The lowest BCUT2D eigenvalue weighted by Gasteiger charge is -2.39. The van der Waals surface area contributed by atoms with E-state index in [4.69, 9.17) is 4.74 Å². The molecule has 4 nitrogen and oxygen atoms in total. The molecule has 144 valence electrons. The summed E-state index contributed by atoms with van der Waals surface area (Å²) in [5.74, 6) is -0.569. The zero-order valence-electron chi connectivity index (χ0n) is 16.7. The summed E-state index contributed by atoms with van der Waals surface area (Å²) >= 11 is 0. The molecule has 0 fully saturated rings. The third kappa shape index (κ3) is 4.00. The van der Waals surface area contributed by atoms with Crippen molar-refractivity contribution in [3.8, 4) is 0 Å². The number of carbonyl (C=O) groups is 2. The van der Waals surface area contributed by atoms with Crippen LogP contribution in [0.25, 0.3) is 0 Å². The second kappa shape index (κ2) is 7.71. The van der Waals surface area contributed by atoms with Crippen LogP contribution in [0.15, 0.2) is 52.9 Å². The van der Waals surface area contributed by atoms with Crippen LogP contribution in [0.4, 0.5) is 0 Å². The third-order valence-electron chi connectivity index (χ3n) is 5.32. The van der Waals surface area contributed by atoms with Gasteiger partial charge in [-0.1, -0.05) is 57.5 Å². The molecule has 1 aliphatic carbocycles. The van der Waals surface area contributed by atoms with Crippen LogP contribution in [-0.2, 0) is 14.3 Å². The molecule has 0 saturated carbocycles. The van der Waals surface area contributed by atoms with Gasteiger partial charge in [0.15, 0.2) is 5.78 Å². The van der Waals surface area contributed by atoms with Gasteiger partial charge in [-0.2, -0.15) is 0 Å². The fourth-order valence-corrected chi connectivity index (χ4v) is 4.07. The molecule has 0 aromatic heterocycles. The Balaban J connectivity index is 2.06. The van der Waals surface area contributed by atoms with Crippen LogP contribution in [0.2, 0.25) is 0 Å². The number of hydrogen-bond donors (Lipinski definition) is 1. The summed E-state index contributed by atoms with van der Waals surface area (Å²) in [6.45, 7) is 8.60. The fraction of sp³-hybridized carbons (Fsp3) is 0.478. The zero-order valence-corrected chi connectivity index (χ0v) is 16.7. The molecule has 1 aromatic rings. The molecule has 0 spiro atoms. The van der Waals surface area contributed by atoms with Crippen LogP contribution in [0.1, 0.15) is 64.9 Å². The highest BCUT2D eigenvalue weighted by atomic mass is 16.5. The van der Waals surface area contributed by atoms with Gasteiger partial charge < -0.3 is 10.1 Å². The Morgan fingerprint density at radius 1 is 1.22 bits per heavy atom. The largest absolute Gasteiger partial charge is 0.462 e. The molecule has 4 heteroatoms.